The van der Waals surface area contributed by atoms with E-state index in [4.69, 9.17) is 11.6 Å². The van der Waals surface area contributed by atoms with Crippen LogP contribution in [0, 0.1) is 5.92 Å². The van der Waals surface area contributed by atoms with E-state index in [0.29, 0.717) is 5.02 Å². The number of halogens is 1. The third-order valence-corrected chi connectivity index (χ3v) is 3.55. The maximum absolute atomic E-state index is 12.3. The van der Waals surface area contributed by atoms with Gasteiger partial charge in [-0.1, -0.05) is 23.7 Å². The van der Waals surface area contributed by atoms with Crippen LogP contribution in [0.3, 0.4) is 0 Å². The summed E-state index contributed by atoms with van der Waals surface area (Å²) in [6.45, 7) is 1.85. The Morgan fingerprint density at radius 1 is 1.35 bits per heavy atom. The fourth-order valence-corrected chi connectivity index (χ4v) is 2.45. The van der Waals surface area contributed by atoms with Gasteiger partial charge in [-0.3, -0.25) is 4.79 Å². The summed E-state index contributed by atoms with van der Waals surface area (Å²) in [6, 6.07) is 7.45. The molecule has 2 rings (SSSR count). The molecule has 1 heterocycles. The molecule has 1 aromatic rings. The molecule has 0 saturated carbocycles. The first-order valence-corrected chi connectivity index (χ1v) is 6.31. The maximum atomic E-state index is 12.3. The number of benzene rings is 1. The molecular weight excluding hydrogens is 236 g/mol. The molecule has 1 fully saturated rings. The van der Waals surface area contributed by atoms with Crippen molar-refractivity contribution in [2.45, 2.75) is 12.8 Å². The molecule has 0 aliphatic carbocycles. The molecule has 92 valence electrons. The molecule has 1 aliphatic rings. The summed E-state index contributed by atoms with van der Waals surface area (Å²) in [5.41, 5.74) is 0.790. The standard InChI is InChI=1S/C13H17ClN2O/c1-16(12-5-3-2-4-11(12)14)13(17)10-6-8-15-9-7-10/h2-5,10,15H,6-9H2,1H3. The van der Waals surface area contributed by atoms with E-state index in [1.54, 1.807) is 11.9 Å². The van der Waals surface area contributed by atoms with Gasteiger partial charge in [-0.2, -0.15) is 0 Å². The number of rotatable bonds is 2. The van der Waals surface area contributed by atoms with Crippen LogP contribution in [0.2, 0.25) is 5.02 Å². The monoisotopic (exact) mass is 252 g/mol. The van der Waals surface area contributed by atoms with Crippen LogP contribution >= 0.6 is 11.6 Å². The van der Waals surface area contributed by atoms with Crippen molar-refractivity contribution < 1.29 is 4.79 Å². The normalized spacial score (nSPS) is 16.8. The Hall–Kier alpha value is -1.06. The minimum Gasteiger partial charge on any atom is -0.317 e. The summed E-state index contributed by atoms with van der Waals surface area (Å²) >= 11 is 6.10. The van der Waals surface area contributed by atoms with Crippen LogP contribution in [0.1, 0.15) is 12.8 Å². The smallest absolute Gasteiger partial charge is 0.229 e. The van der Waals surface area contributed by atoms with Crippen molar-refractivity contribution in [1.82, 2.24) is 5.32 Å². The van der Waals surface area contributed by atoms with Gasteiger partial charge in [-0.15, -0.1) is 0 Å². The van der Waals surface area contributed by atoms with Crippen LogP contribution in [0.5, 0.6) is 0 Å². The van der Waals surface area contributed by atoms with Crippen molar-refractivity contribution in [3.63, 3.8) is 0 Å². The lowest BCUT2D eigenvalue weighted by Gasteiger charge is -2.27. The van der Waals surface area contributed by atoms with E-state index in [1.807, 2.05) is 24.3 Å². The molecule has 1 aliphatic heterocycles. The van der Waals surface area contributed by atoms with Gasteiger partial charge in [0, 0.05) is 13.0 Å². The molecule has 0 aromatic heterocycles. The molecule has 1 aromatic carbocycles. The van der Waals surface area contributed by atoms with Crippen molar-refractivity contribution in [1.29, 1.82) is 0 Å². The van der Waals surface area contributed by atoms with Gasteiger partial charge in [-0.25, -0.2) is 0 Å². The highest BCUT2D eigenvalue weighted by atomic mass is 35.5. The molecule has 1 N–H and O–H groups in total. The van der Waals surface area contributed by atoms with E-state index in [0.717, 1.165) is 31.6 Å². The Balaban J connectivity index is 2.11. The molecule has 1 amide bonds. The van der Waals surface area contributed by atoms with Crippen molar-refractivity contribution in [2.75, 3.05) is 25.0 Å². The van der Waals surface area contributed by atoms with E-state index in [1.165, 1.54) is 0 Å². The zero-order valence-electron chi connectivity index (χ0n) is 9.95. The number of piperidine rings is 1. The topological polar surface area (TPSA) is 32.3 Å². The fourth-order valence-electron chi connectivity index (χ4n) is 2.19. The fraction of sp³-hybridized carbons (Fsp3) is 0.462. The second-order valence-electron chi connectivity index (χ2n) is 4.37. The Morgan fingerprint density at radius 2 is 2.00 bits per heavy atom. The number of hydrogen-bond acceptors (Lipinski definition) is 2. The number of anilines is 1. The average molecular weight is 253 g/mol. The van der Waals surface area contributed by atoms with Crippen LogP contribution in [0.4, 0.5) is 5.69 Å². The summed E-state index contributed by atoms with van der Waals surface area (Å²) < 4.78 is 0. The number of amides is 1. The lowest BCUT2D eigenvalue weighted by molar-refractivity contribution is -0.122. The average Bonchev–Trinajstić information content (AvgIpc) is 2.39. The second kappa shape index (κ2) is 5.52. The van der Waals surface area contributed by atoms with Crippen LogP contribution < -0.4 is 10.2 Å². The Labute approximate surface area is 107 Å². The quantitative estimate of drug-likeness (QED) is 0.876. The van der Waals surface area contributed by atoms with E-state index in [2.05, 4.69) is 5.32 Å². The third-order valence-electron chi connectivity index (χ3n) is 3.23. The Morgan fingerprint density at radius 3 is 2.65 bits per heavy atom. The van der Waals surface area contributed by atoms with Crippen molar-refractivity contribution in [3.05, 3.63) is 29.3 Å². The molecule has 0 radical (unpaired) electrons. The largest absolute Gasteiger partial charge is 0.317 e. The summed E-state index contributed by atoms with van der Waals surface area (Å²) in [4.78, 5) is 14.0. The number of nitrogens with zero attached hydrogens (tertiary/aromatic N) is 1. The maximum Gasteiger partial charge on any atom is 0.229 e. The first-order chi connectivity index (χ1) is 8.20. The zero-order chi connectivity index (χ0) is 12.3. The summed E-state index contributed by atoms with van der Waals surface area (Å²) in [5.74, 6) is 0.289. The molecular formula is C13H17ClN2O. The lowest BCUT2D eigenvalue weighted by Crippen LogP contribution is -2.39. The van der Waals surface area contributed by atoms with Gasteiger partial charge in [-0.05, 0) is 38.1 Å². The Kier molecular flexibility index (Phi) is 4.02. The molecule has 17 heavy (non-hydrogen) atoms. The Bertz CT molecular complexity index is 402. The van der Waals surface area contributed by atoms with E-state index < -0.39 is 0 Å². The number of carbonyl (C=O) groups excluding carboxylic acids is 1. The van der Waals surface area contributed by atoms with Gasteiger partial charge < -0.3 is 10.2 Å². The predicted molar refractivity (Wildman–Crippen MR) is 70.5 cm³/mol. The predicted octanol–water partition coefficient (Wildman–Crippen LogP) is 2.30. The molecule has 3 nitrogen and oxygen atoms in total. The van der Waals surface area contributed by atoms with Gasteiger partial charge in [0.25, 0.3) is 0 Å². The number of carbonyl (C=O) groups is 1. The van der Waals surface area contributed by atoms with Crippen LogP contribution in [0.25, 0.3) is 0 Å². The first kappa shape index (κ1) is 12.4. The van der Waals surface area contributed by atoms with Crippen molar-refractivity contribution >= 4 is 23.2 Å². The van der Waals surface area contributed by atoms with Gasteiger partial charge >= 0.3 is 0 Å². The number of nitrogens with one attached hydrogen (secondary N) is 1. The highest BCUT2D eigenvalue weighted by Crippen LogP contribution is 2.26. The van der Waals surface area contributed by atoms with E-state index in [9.17, 15) is 4.79 Å². The van der Waals surface area contributed by atoms with Crippen molar-refractivity contribution in [3.8, 4) is 0 Å². The van der Waals surface area contributed by atoms with Gasteiger partial charge in [0.05, 0.1) is 10.7 Å². The molecule has 0 spiro atoms. The van der Waals surface area contributed by atoms with Crippen molar-refractivity contribution in [2.24, 2.45) is 5.92 Å². The number of hydrogen-bond donors (Lipinski definition) is 1. The second-order valence-corrected chi connectivity index (χ2v) is 4.78. The highest BCUT2D eigenvalue weighted by molar-refractivity contribution is 6.33. The van der Waals surface area contributed by atoms with Gasteiger partial charge in [0.2, 0.25) is 5.91 Å². The van der Waals surface area contributed by atoms with Crippen LogP contribution in [-0.4, -0.2) is 26.0 Å². The molecule has 4 heteroatoms. The van der Waals surface area contributed by atoms with Crippen LogP contribution in [0.15, 0.2) is 24.3 Å². The molecule has 0 atom stereocenters. The summed E-state index contributed by atoms with van der Waals surface area (Å²) in [7, 11) is 1.80. The van der Waals surface area contributed by atoms with Gasteiger partial charge in [0.1, 0.15) is 0 Å². The van der Waals surface area contributed by atoms with E-state index >= 15 is 0 Å². The first-order valence-electron chi connectivity index (χ1n) is 5.93. The zero-order valence-corrected chi connectivity index (χ0v) is 10.7. The SMILES string of the molecule is CN(C(=O)C1CCNCC1)c1ccccc1Cl. The molecule has 0 unspecified atom stereocenters. The minimum atomic E-state index is 0.123. The lowest BCUT2D eigenvalue weighted by atomic mass is 9.96. The minimum absolute atomic E-state index is 0.123. The summed E-state index contributed by atoms with van der Waals surface area (Å²) in [6.07, 6.45) is 1.82. The highest BCUT2D eigenvalue weighted by Gasteiger charge is 2.25. The number of para-hydroxylation sites is 1. The van der Waals surface area contributed by atoms with E-state index in [-0.39, 0.29) is 11.8 Å². The summed E-state index contributed by atoms with van der Waals surface area (Å²) in [5, 5.41) is 3.89. The van der Waals surface area contributed by atoms with Crippen LogP contribution in [-0.2, 0) is 4.79 Å². The molecule has 0 bridgehead atoms. The third kappa shape index (κ3) is 2.79. The van der Waals surface area contributed by atoms with Gasteiger partial charge in [0.15, 0.2) is 0 Å². The molecule has 1 saturated heterocycles.